The van der Waals surface area contributed by atoms with Gasteiger partial charge in [0.2, 0.25) is 0 Å². The Hall–Kier alpha value is -2.03. The van der Waals surface area contributed by atoms with Crippen LogP contribution in [0.25, 0.3) is 0 Å². The van der Waals surface area contributed by atoms with Gasteiger partial charge in [0, 0.05) is 42.4 Å². The summed E-state index contributed by atoms with van der Waals surface area (Å²) in [6.45, 7) is 6.38. The quantitative estimate of drug-likeness (QED) is 0.928. The van der Waals surface area contributed by atoms with Crippen molar-refractivity contribution in [2.45, 2.75) is 32.7 Å². The molecule has 1 aromatic carbocycles. The molecule has 3 heteroatoms. The van der Waals surface area contributed by atoms with Crippen molar-refractivity contribution in [2.24, 2.45) is 0 Å². The zero-order valence-corrected chi connectivity index (χ0v) is 12.8. The molecule has 0 aliphatic carbocycles. The van der Waals surface area contributed by atoms with Crippen molar-refractivity contribution < 1.29 is 0 Å². The van der Waals surface area contributed by atoms with Crippen LogP contribution in [0, 0.1) is 13.8 Å². The molecule has 0 spiro atoms. The molecule has 1 aliphatic heterocycles. The van der Waals surface area contributed by atoms with Crippen molar-refractivity contribution in [1.29, 1.82) is 0 Å². The zero-order valence-electron chi connectivity index (χ0n) is 12.8. The van der Waals surface area contributed by atoms with Crippen molar-refractivity contribution in [2.75, 3.05) is 23.3 Å². The van der Waals surface area contributed by atoms with Crippen molar-refractivity contribution in [3.63, 3.8) is 0 Å². The Balaban J connectivity index is 1.67. The van der Waals surface area contributed by atoms with E-state index in [0.717, 1.165) is 18.8 Å². The summed E-state index contributed by atoms with van der Waals surface area (Å²) in [5.41, 5.74) is 4.89. The lowest BCUT2D eigenvalue weighted by Crippen LogP contribution is -2.42. The largest absolute Gasteiger partial charge is 0.380 e. The number of pyridine rings is 1. The van der Waals surface area contributed by atoms with Gasteiger partial charge in [0.05, 0.1) is 0 Å². The van der Waals surface area contributed by atoms with Gasteiger partial charge in [0.1, 0.15) is 0 Å². The predicted octanol–water partition coefficient (Wildman–Crippen LogP) is 3.78. The summed E-state index contributed by atoms with van der Waals surface area (Å²) in [7, 11) is 0. The monoisotopic (exact) mass is 281 g/mol. The van der Waals surface area contributed by atoms with Crippen LogP contribution in [0.1, 0.15) is 24.1 Å². The van der Waals surface area contributed by atoms with E-state index >= 15 is 0 Å². The number of benzene rings is 1. The van der Waals surface area contributed by atoms with Crippen LogP contribution in [-0.2, 0) is 0 Å². The second-order valence-corrected chi connectivity index (χ2v) is 5.95. The van der Waals surface area contributed by atoms with Gasteiger partial charge in [-0.15, -0.1) is 0 Å². The summed E-state index contributed by atoms with van der Waals surface area (Å²) in [6, 6.07) is 13.5. The molecular formula is C18H23N3. The summed E-state index contributed by atoms with van der Waals surface area (Å²) in [4.78, 5) is 6.73. The van der Waals surface area contributed by atoms with Crippen LogP contribution in [0.2, 0.25) is 0 Å². The number of nitrogens with one attached hydrogen (secondary N) is 1. The number of anilines is 2. The highest BCUT2D eigenvalue weighted by atomic mass is 15.2. The van der Waals surface area contributed by atoms with Gasteiger partial charge < -0.3 is 10.2 Å². The van der Waals surface area contributed by atoms with E-state index in [0.29, 0.717) is 6.04 Å². The molecule has 1 unspecified atom stereocenters. The topological polar surface area (TPSA) is 28.2 Å². The van der Waals surface area contributed by atoms with Crippen LogP contribution in [0.5, 0.6) is 0 Å². The molecule has 1 atom stereocenters. The van der Waals surface area contributed by atoms with E-state index in [1.165, 1.54) is 29.8 Å². The third-order valence-electron chi connectivity index (χ3n) is 4.09. The second-order valence-electron chi connectivity index (χ2n) is 5.95. The molecular weight excluding hydrogens is 258 g/mol. The predicted molar refractivity (Wildman–Crippen MR) is 89.0 cm³/mol. The summed E-state index contributed by atoms with van der Waals surface area (Å²) in [5, 5.41) is 3.65. The maximum absolute atomic E-state index is 4.25. The molecule has 21 heavy (non-hydrogen) atoms. The number of piperidine rings is 1. The van der Waals surface area contributed by atoms with E-state index in [1.807, 2.05) is 13.1 Å². The zero-order chi connectivity index (χ0) is 14.7. The molecule has 0 radical (unpaired) electrons. The molecule has 1 aliphatic rings. The Labute approximate surface area is 127 Å². The van der Waals surface area contributed by atoms with Gasteiger partial charge in [0.15, 0.2) is 0 Å². The minimum Gasteiger partial charge on any atom is -0.380 e. The maximum atomic E-state index is 4.25. The lowest BCUT2D eigenvalue weighted by atomic mass is 10.0. The molecule has 1 aromatic heterocycles. The van der Waals surface area contributed by atoms with Crippen LogP contribution in [-0.4, -0.2) is 24.1 Å². The average Bonchev–Trinajstić information content (AvgIpc) is 2.48. The fourth-order valence-corrected chi connectivity index (χ4v) is 2.96. The van der Waals surface area contributed by atoms with Crippen LogP contribution >= 0.6 is 0 Å². The fraction of sp³-hybridized carbons (Fsp3) is 0.389. The Morgan fingerprint density at radius 1 is 1.14 bits per heavy atom. The summed E-state index contributed by atoms with van der Waals surface area (Å²) in [5.74, 6) is 0. The first-order valence-electron chi connectivity index (χ1n) is 7.71. The molecule has 1 saturated heterocycles. The van der Waals surface area contributed by atoms with Gasteiger partial charge in [-0.3, -0.25) is 4.98 Å². The molecule has 0 amide bonds. The number of rotatable bonds is 3. The highest BCUT2D eigenvalue weighted by Crippen LogP contribution is 2.22. The molecule has 1 fully saturated rings. The third-order valence-corrected chi connectivity index (χ3v) is 4.09. The van der Waals surface area contributed by atoms with E-state index in [2.05, 4.69) is 58.5 Å². The standard InChI is InChI=1S/C18H23N3/c1-14-5-7-18(8-6-14)21-11-3-4-17(13-21)20-16-9-10-19-15(2)12-16/h5-10,12,17H,3-4,11,13H2,1-2H3,(H,19,20). The average molecular weight is 281 g/mol. The van der Waals surface area contributed by atoms with E-state index in [1.54, 1.807) is 0 Å². The molecule has 3 nitrogen and oxygen atoms in total. The van der Waals surface area contributed by atoms with Gasteiger partial charge in [-0.2, -0.15) is 0 Å². The van der Waals surface area contributed by atoms with Crippen LogP contribution in [0.4, 0.5) is 11.4 Å². The molecule has 1 N–H and O–H groups in total. The minimum atomic E-state index is 0.502. The lowest BCUT2D eigenvalue weighted by Gasteiger charge is -2.35. The van der Waals surface area contributed by atoms with Gasteiger partial charge in [-0.25, -0.2) is 0 Å². The van der Waals surface area contributed by atoms with Crippen LogP contribution in [0.15, 0.2) is 42.6 Å². The Morgan fingerprint density at radius 2 is 1.95 bits per heavy atom. The second kappa shape index (κ2) is 6.17. The fourth-order valence-electron chi connectivity index (χ4n) is 2.96. The first-order valence-corrected chi connectivity index (χ1v) is 7.71. The first-order chi connectivity index (χ1) is 10.2. The van der Waals surface area contributed by atoms with Gasteiger partial charge in [-0.1, -0.05) is 17.7 Å². The highest BCUT2D eigenvalue weighted by Gasteiger charge is 2.19. The highest BCUT2D eigenvalue weighted by molar-refractivity contribution is 5.50. The van der Waals surface area contributed by atoms with Gasteiger partial charge in [-0.05, 0) is 51.0 Å². The minimum absolute atomic E-state index is 0.502. The normalized spacial score (nSPS) is 18.6. The molecule has 2 heterocycles. The number of nitrogens with zero attached hydrogens (tertiary/aromatic N) is 2. The number of aryl methyl sites for hydroxylation is 2. The summed E-state index contributed by atoms with van der Waals surface area (Å²) < 4.78 is 0. The van der Waals surface area contributed by atoms with Gasteiger partial charge >= 0.3 is 0 Å². The molecule has 110 valence electrons. The molecule has 0 bridgehead atoms. The van der Waals surface area contributed by atoms with Crippen LogP contribution in [0.3, 0.4) is 0 Å². The maximum Gasteiger partial charge on any atom is 0.0437 e. The van der Waals surface area contributed by atoms with Crippen LogP contribution < -0.4 is 10.2 Å². The van der Waals surface area contributed by atoms with E-state index < -0.39 is 0 Å². The Morgan fingerprint density at radius 3 is 2.71 bits per heavy atom. The number of aromatic nitrogens is 1. The summed E-state index contributed by atoms with van der Waals surface area (Å²) >= 11 is 0. The van der Waals surface area contributed by atoms with E-state index in [4.69, 9.17) is 0 Å². The molecule has 3 rings (SSSR count). The van der Waals surface area contributed by atoms with Crippen molar-refractivity contribution >= 4 is 11.4 Å². The Bertz CT molecular complexity index is 592. The molecule has 0 saturated carbocycles. The Kier molecular flexibility index (Phi) is 4.09. The smallest absolute Gasteiger partial charge is 0.0437 e. The lowest BCUT2D eigenvalue weighted by molar-refractivity contribution is 0.530. The van der Waals surface area contributed by atoms with E-state index in [-0.39, 0.29) is 0 Å². The number of hydrogen-bond acceptors (Lipinski definition) is 3. The SMILES string of the molecule is Cc1ccc(N2CCCC(Nc3ccnc(C)c3)C2)cc1. The van der Waals surface area contributed by atoms with Gasteiger partial charge in [0.25, 0.3) is 0 Å². The van der Waals surface area contributed by atoms with Crippen molar-refractivity contribution in [1.82, 2.24) is 4.98 Å². The van der Waals surface area contributed by atoms with Crippen molar-refractivity contribution in [3.05, 3.63) is 53.9 Å². The summed E-state index contributed by atoms with van der Waals surface area (Å²) in [6.07, 6.45) is 4.33. The van der Waals surface area contributed by atoms with Crippen molar-refractivity contribution in [3.8, 4) is 0 Å². The van der Waals surface area contributed by atoms with E-state index in [9.17, 15) is 0 Å². The number of hydrogen-bond donors (Lipinski definition) is 1. The first kappa shape index (κ1) is 13.9. The molecule has 2 aromatic rings. The third kappa shape index (κ3) is 3.54.